The number of hydrogen-bond acceptors (Lipinski definition) is 14. The number of alkyl halides is 2. The fourth-order valence-corrected chi connectivity index (χ4v) is 13.0. The fourth-order valence-electron chi connectivity index (χ4n) is 8.64. The van der Waals surface area contributed by atoms with Crippen LogP contribution in [0.4, 0.5) is 8.78 Å². The van der Waals surface area contributed by atoms with E-state index in [2.05, 4.69) is 11.4 Å². The minimum Gasteiger partial charge on any atom is -0.390 e. The van der Waals surface area contributed by atoms with Gasteiger partial charge in [-0.15, -0.1) is 11.3 Å². The molecule has 5 atom stereocenters. The number of fused-ring (bicyclic) bond motifs is 2. The summed E-state index contributed by atoms with van der Waals surface area (Å²) in [6.45, 7) is 5.24. The van der Waals surface area contributed by atoms with Crippen LogP contribution in [-0.2, 0) is 38.5 Å². The van der Waals surface area contributed by atoms with Crippen LogP contribution in [0.2, 0.25) is 0 Å². The van der Waals surface area contributed by atoms with E-state index in [9.17, 15) is 44.0 Å². The third-order valence-electron chi connectivity index (χ3n) is 11.8. The normalized spacial score (nSPS) is 21.9. The molecule has 1 unspecified atom stereocenters. The Morgan fingerprint density at radius 3 is 2.12 bits per heavy atom. The zero-order valence-corrected chi connectivity index (χ0v) is 40.8. The zero-order chi connectivity index (χ0) is 48.0. The molecule has 0 saturated carbocycles. The number of halogens is 2. The lowest BCUT2D eigenvalue weighted by atomic mass is 9.90. The second-order valence-electron chi connectivity index (χ2n) is 18.3. The van der Waals surface area contributed by atoms with Gasteiger partial charge in [-0.3, -0.25) is 28.5 Å². The zero-order valence-electron chi connectivity index (χ0n) is 37.4. The predicted octanol–water partition coefficient (Wildman–Crippen LogP) is 7.82. The number of carbonyl (C=O) groups is 5. The molecule has 0 bridgehead atoms. The number of thioether (sulfide) groups is 2. The van der Waals surface area contributed by atoms with E-state index in [1.54, 1.807) is 9.80 Å². The predicted molar refractivity (Wildman–Crippen MR) is 250 cm³/mol. The number of carbonyl (C=O) groups excluding carboxylic acids is 5. The molecule has 3 fully saturated rings. The Morgan fingerprint density at radius 2 is 1.52 bits per heavy atom. The largest absolute Gasteiger partial charge is 0.404 e. The monoisotopic (exact) mass is 990 g/mol. The fraction of sp³-hybridized carbons (Fsp3) is 0.565. The lowest BCUT2D eigenvalue weighted by Gasteiger charge is -2.36. The minimum absolute atomic E-state index is 0.133. The van der Waals surface area contributed by atoms with Gasteiger partial charge in [0.15, 0.2) is 10.2 Å². The summed E-state index contributed by atoms with van der Waals surface area (Å²) in [7, 11) is -5.37. The molecule has 6 rings (SSSR count). The molecule has 3 amide bonds. The number of thiophene rings is 1. The molecule has 3 aliphatic heterocycles. The minimum atomic E-state index is -5.37. The van der Waals surface area contributed by atoms with Crippen molar-refractivity contribution in [2.75, 3.05) is 37.8 Å². The molecule has 358 valence electrons. The second-order valence-corrected chi connectivity index (χ2v) is 23.7. The van der Waals surface area contributed by atoms with Crippen molar-refractivity contribution >= 4 is 80.5 Å². The summed E-state index contributed by atoms with van der Waals surface area (Å²) < 4.78 is 58.0. The third-order valence-corrected chi connectivity index (χ3v) is 16.5. The molecule has 3 N–H and O–H groups in total. The first kappa shape index (κ1) is 51.7. The summed E-state index contributed by atoms with van der Waals surface area (Å²) in [5, 5.41) is 32.1. The Morgan fingerprint density at radius 1 is 0.894 bits per heavy atom. The van der Waals surface area contributed by atoms with Crippen molar-refractivity contribution in [1.82, 2.24) is 15.1 Å². The van der Waals surface area contributed by atoms with Crippen LogP contribution in [-0.4, -0.2) is 115 Å². The van der Waals surface area contributed by atoms with Crippen molar-refractivity contribution in [2.24, 2.45) is 5.92 Å². The van der Waals surface area contributed by atoms with Crippen LogP contribution in [0.5, 0.6) is 0 Å². The van der Waals surface area contributed by atoms with Gasteiger partial charge in [-0.25, -0.2) is 0 Å². The molecule has 14 nitrogen and oxygen atoms in total. The topological polar surface area (TPSA) is 204 Å². The van der Waals surface area contributed by atoms with E-state index in [-0.39, 0.29) is 64.9 Å². The maximum Gasteiger partial charge on any atom is 0.404 e. The molecule has 0 radical (unpaired) electrons. The Hall–Kier alpha value is -3.73. The number of amides is 3. The molecule has 4 heterocycles. The number of aliphatic hydroxyl groups is 2. The summed E-state index contributed by atoms with van der Waals surface area (Å²) >= 11 is 2.45. The van der Waals surface area contributed by atoms with Crippen molar-refractivity contribution < 1.29 is 56.6 Å². The van der Waals surface area contributed by atoms with Crippen LogP contribution in [0, 0.1) is 17.2 Å². The van der Waals surface area contributed by atoms with Gasteiger partial charge in [-0.05, 0) is 82.5 Å². The maximum absolute atomic E-state index is 16.5. The van der Waals surface area contributed by atoms with Gasteiger partial charge in [-0.1, -0.05) is 72.8 Å². The molecule has 66 heavy (non-hydrogen) atoms. The highest BCUT2D eigenvalue weighted by Gasteiger charge is 2.55. The van der Waals surface area contributed by atoms with Gasteiger partial charge in [0.1, 0.15) is 12.1 Å². The van der Waals surface area contributed by atoms with Crippen molar-refractivity contribution in [1.29, 1.82) is 5.26 Å². The summed E-state index contributed by atoms with van der Waals surface area (Å²) in [4.78, 5) is 70.4. The standard InChI is InChI=1S/C46H57F2N4O10PS3/c1-44(2,58)24-39(53)64-20-18-61-63(60,62-19-21-65-40(54)25-45(3,4)59)46(47,48)32-14-17-37-30(22-32)23-38(66-37)41(55)50-35-13-9-8-12-33-15-16-36(52(33)42(35)56)43(57)51-27-31(26-49)34(28-51)29-10-6-5-7-11-29/h5-7,10-11,14,17,22-23,31,33-36,58-59H,8-9,12-13,15-16,18-21,24-25,27-28H2,1-4H3,(H,50,55)/t31-,33-,34+,35?,36-/m0/s1. The van der Waals surface area contributed by atoms with E-state index in [0.717, 1.165) is 41.9 Å². The first-order valence-corrected chi connectivity index (χ1v) is 26.4. The van der Waals surface area contributed by atoms with Crippen LogP contribution in [0.3, 0.4) is 0 Å². The molecular weight excluding hydrogens is 934 g/mol. The van der Waals surface area contributed by atoms with Gasteiger partial charge in [0.25, 0.3) is 5.91 Å². The number of benzene rings is 2. The van der Waals surface area contributed by atoms with Gasteiger partial charge in [0.2, 0.25) is 11.8 Å². The summed E-state index contributed by atoms with van der Waals surface area (Å²) in [5.41, 5.74) is -6.59. The van der Waals surface area contributed by atoms with Crippen molar-refractivity contribution in [2.45, 2.75) is 120 Å². The van der Waals surface area contributed by atoms with E-state index in [4.69, 9.17) is 9.05 Å². The summed E-state index contributed by atoms with van der Waals surface area (Å²) in [6.07, 6.45) is 3.18. The Bertz CT molecular complexity index is 2310. The first-order valence-electron chi connectivity index (χ1n) is 22.0. The molecule has 0 aliphatic carbocycles. The number of hydrogen-bond donors (Lipinski definition) is 3. The average Bonchev–Trinajstić information content (AvgIpc) is 4.00. The van der Waals surface area contributed by atoms with E-state index >= 15 is 8.78 Å². The van der Waals surface area contributed by atoms with Gasteiger partial charge in [-0.2, -0.15) is 14.0 Å². The number of nitrogens with zero attached hydrogens (tertiary/aromatic N) is 3. The number of likely N-dealkylation sites (tertiary alicyclic amines) is 1. The van der Waals surface area contributed by atoms with E-state index < -0.39 is 77.4 Å². The van der Waals surface area contributed by atoms with Crippen molar-refractivity contribution in [3.05, 3.63) is 70.6 Å². The number of rotatable bonds is 18. The highest BCUT2D eigenvalue weighted by molar-refractivity contribution is 8.13. The molecule has 3 aromatic rings. The van der Waals surface area contributed by atoms with E-state index in [1.165, 1.54) is 39.8 Å². The van der Waals surface area contributed by atoms with Gasteiger partial charge < -0.3 is 34.4 Å². The van der Waals surface area contributed by atoms with Crippen LogP contribution >= 0.6 is 42.5 Å². The smallest absolute Gasteiger partial charge is 0.390 e. The highest BCUT2D eigenvalue weighted by Crippen LogP contribution is 2.67. The van der Waals surface area contributed by atoms with Crippen LogP contribution in [0.15, 0.2) is 54.6 Å². The maximum atomic E-state index is 16.5. The summed E-state index contributed by atoms with van der Waals surface area (Å²) in [6, 6.07) is 15.0. The lowest BCUT2D eigenvalue weighted by Crippen LogP contribution is -2.56. The third kappa shape index (κ3) is 12.9. The van der Waals surface area contributed by atoms with Gasteiger partial charge >= 0.3 is 13.3 Å². The molecular formula is C46H57F2N4O10PS3. The Labute approximate surface area is 396 Å². The molecule has 3 aliphatic rings. The Balaban J connectivity index is 1.15. The quantitative estimate of drug-likeness (QED) is 0.0823. The number of nitrogens with one attached hydrogen (secondary N) is 1. The van der Waals surface area contributed by atoms with E-state index in [0.29, 0.717) is 60.5 Å². The van der Waals surface area contributed by atoms with E-state index in [1.807, 2.05) is 30.3 Å². The van der Waals surface area contributed by atoms with Crippen LogP contribution < -0.4 is 5.32 Å². The highest BCUT2D eigenvalue weighted by atomic mass is 32.2. The van der Waals surface area contributed by atoms with Crippen molar-refractivity contribution in [3.8, 4) is 6.07 Å². The Kier molecular flexibility index (Phi) is 17.0. The second kappa shape index (κ2) is 21.7. The lowest BCUT2D eigenvalue weighted by molar-refractivity contribution is -0.146. The average molecular weight is 991 g/mol. The molecule has 1 aromatic heterocycles. The van der Waals surface area contributed by atoms with Crippen molar-refractivity contribution in [3.63, 3.8) is 0 Å². The molecule has 3 saturated heterocycles. The number of nitriles is 1. The van der Waals surface area contributed by atoms with Gasteiger partial charge in [0, 0.05) is 59.7 Å². The van der Waals surface area contributed by atoms with Gasteiger partial charge in [0.05, 0.1) is 41.3 Å². The summed E-state index contributed by atoms with van der Waals surface area (Å²) in [5.74, 6) is -2.06. The molecule has 2 aromatic carbocycles. The SMILES string of the molecule is CC(C)(O)CC(=O)SCCOP(=O)(OCCSC(=O)CC(C)(C)O)C(F)(F)c1ccc2sc(C(=O)NC3CCCC[C@H]4CC[C@@H](C(=O)N5C[C@H](c6ccccc6)[C@@H](C#N)C5)N4C3=O)cc2c1. The van der Waals surface area contributed by atoms with Crippen LogP contribution in [0.25, 0.3) is 10.1 Å². The van der Waals surface area contributed by atoms with Crippen LogP contribution in [0.1, 0.15) is 106 Å². The first-order chi connectivity index (χ1) is 31.1. The molecule has 0 spiro atoms. The molecule has 20 heteroatoms.